The largest absolute Gasteiger partial charge is 0.478 e. The van der Waals surface area contributed by atoms with Crippen LogP contribution < -0.4 is 0 Å². The molecule has 0 saturated carbocycles. The Morgan fingerprint density at radius 2 is 2.12 bits per heavy atom. The molecular formula is C13H12O2S. The summed E-state index contributed by atoms with van der Waals surface area (Å²) in [6.07, 6.45) is 2.85. The molecule has 1 N–H and O–H groups in total. The standard InChI is InChI=1S/C13H12O2S/c1-8-3-4-10-9(2)11(5-6-13(14)15)16-12(10)7-8/h3-7H,1-2H3,(H,14,15)/b6-5+. The van der Waals surface area contributed by atoms with Crippen molar-refractivity contribution in [3.63, 3.8) is 0 Å². The molecule has 0 spiro atoms. The van der Waals surface area contributed by atoms with Crippen LogP contribution in [-0.4, -0.2) is 11.1 Å². The van der Waals surface area contributed by atoms with Crippen LogP contribution in [0.15, 0.2) is 24.3 Å². The van der Waals surface area contributed by atoms with Crippen molar-refractivity contribution in [2.45, 2.75) is 13.8 Å². The third kappa shape index (κ3) is 1.99. The van der Waals surface area contributed by atoms with Crippen molar-refractivity contribution in [2.24, 2.45) is 0 Å². The summed E-state index contributed by atoms with van der Waals surface area (Å²) < 4.78 is 1.21. The van der Waals surface area contributed by atoms with Crippen molar-refractivity contribution in [2.75, 3.05) is 0 Å². The highest BCUT2D eigenvalue weighted by atomic mass is 32.1. The summed E-state index contributed by atoms with van der Waals surface area (Å²) in [5.41, 5.74) is 2.38. The topological polar surface area (TPSA) is 37.3 Å². The number of thiophene rings is 1. The summed E-state index contributed by atoms with van der Waals surface area (Å²) in [5, 5.41) is 9.81. The van der Waals surface area contributed by atoms with Gasteiger partial charge in [-0.1, -0.05) is 12.1 Å². The van der Waals surface area contributed by atoms with E-state index in [1.54, 1.807) is 17.4 Å². The van der Waals surface area contributed by atoms with Crippen molar-refractivity contribution >= 4 is 33.5 Å². The number of fused-ring (bicyclic) bond motifs is 1. The van der Waals surface area contributed by atoms with Gasteiger partial charge in [0.25, 0.3) is 0 Å². The Hall–Kier alpha value is -1.61. The molecule has 3 heteroatoms. The quantitative estimate of drug-likeness (QED) is 0.803. The molecule has 0 atom stereocenters. The minimum Gasteiger partial charge on any atom is -0.478 e. The predicted molar refractivity (Wildman–Crippen MR) is 68.0 cm³/mol. The Morgan fingerprint density at radius 1 is 1.38 bits per heavy atom. The van der Waals surface area contributed by atoms with Gasteiger partial charge >= 0.3 is 5.97 Å². The average Bonchev–Trinajstić information content (AvgIpc) is 2.52. The summed E-state index contributed by atoms with van der Waals surface area (Å²) in [6, 6.07) is 6.30. The molecule has 0 aliphatic carbocycles. The molecule has 0 saturated heterocycles. The first-order valence-electron chi connectivity index (χ1n) is 4.98. The van der Waals surface area contributed by atoms with E-state index in [-0.39, 0.29) is 0 Å². The molecule has 0 aliphatic rings. The lowest BCUT2D eigenvalue weighted by Crippen LogP contribution is -1.85. The van der Waals surface area contributed by atoms with Crippen molar-refractivity contribution in [3.05, 3.63) is 40.3 Å². The van der Waals surface area contributed by atoms with Gasteiger partial charge in [-0.2, -0.15) is 0 Å². The van der Waals surface area contributed by atoms with E-state index in [9.17, 15) is 4.79 Å². The van der Waals surface area contributed by atoms with E-state index < -0.39 is 5.97 Å². The molecule has 0 radical (unpaired) electrons. The minimum absolute atomic E-state index is 0.909. The van der Waals surface area contributed by atoms with Crippen LogP contribution in [0.3, 0.4) is 0 Å². The maximum absolute atomic E-state index is 10.5. The van der Waals surface area contributed by atoms with Crippen LogP contribution >= 0.6 is 11.3 Å². The summed E-state index contributed by atoms with van der Waals surface area (Å²) in [6.45, 7) is 4.08. The van der Waals surface area contributed by atoms with Gasteiger partial charge in [0.1, 0.15) is 0 Å². The van der Waals surface area contributed by atoms with Crippen molar-refractivity contribution in [1.82, 2.24) is 0 Å². The maximum atomic E-state index is 10.5. The molecule has 1 aromatic carbocycles. The molecule has 1 heterocycles. The predicted octanol–water partition coefficient (Wildman–Crippen LogP) is 3.62. The second-order valence-electron chi connectivity index (χ2n) is 3.76. The van der Waals surface area contributed by atoms with Gasteiger partial charge in [-0.05, 0) is 42.5 Å². The SMILES string of the molecule is Cc1ccc2c(C)c(/C=C/C(=O)O)sc2c1. The van der Waals surface area contributed by atoms with Crippen molar-refractivity contribution in [1.29, 1.82) is 0 Å². The lowest BCUT2D eigenvalue weighted by Gasteiger charge is -1.93. The zero-order chi connectivity index (χ0) is 11.7. The first-order valence-corrected chi connectivity index (χ1v) is 5.80. The Balaban J connectivity index is 2.55. The molecule has 0 aliphatic heterocycles. The third-order valence-electron chi connectivity index (χ3n) is 2.51. The van der Waals surface area contributed by atoms with Crippen LogP contribution in [0.5, 0.6) is 0 Å². The Bertz CT molecular complexity index is 579. The second-order valence-corrected chi connectivity index (χ2v) is 4.85. The lowest BCUT2D eigenvalue weighted by atomic mass is 10.1. The van der Waals surface area contributed by atoms with E-state index in [0.717, 1.165) is 10.4 Å². The molecule has 0 amide bonds. The minimum atomic E-state index is -0.909. The fraction of sp³-hybridized carbons (Fsp3) is 0.154. The van der Waals surface area contributed by atoms with Crippen LogP contribution in [0.2, 0.25) is 0 Å². The molecule has 0 fully saturated rings. The highest BCUT2D eigenvalue weighted by Crippen LogP contribution is 2.32. The van der Waals surface area contributed by atoms with E-state index in [1.165, 1.54) is 21.7 Å². The number of carboxylic acid groups (broad SMARTS) is 1. The summed E-state index contributed by atoms with van der Waals surface area (Å²) in [4.78, 5) is 11.5. The van der Waals surface area contributed by atoms with Crippen LogP contribution in [-0.2, 0) is 4.79 Å². The van der Waals surface area contributed by atoms with E-state index >= 15 is 0 Å². The van der Waals surface area contributed by atoms with Gasteiger partial charge in [0.05, 0.1) is 0 Å². The molecule has 1 aromatic heterocycles. The van der Waals surface area contributed by atoms with Gasteiger partial charge in [-0.25, -0.2) is 4.79 Å². The lowest BCUT2D eigenvalue weighted by molar-refractivity contribution is -0.131. The smallest absolute Gasteiger partial charge is 0.328 e. The monoisotopic (exact) mass is 232 g/mol. The number of aliphatic carboxylic acids is 1. The van der Waals surface area contributed by atoms with Gasteiger partial charge in [-0.3, -0.25) is 0 Å². The fourth-order valence-corrected chi connectivity index (χ4v) is 2.87. The summed E-state index contributed by atoms with van der Waals surface area (Å²) in [7, 11) is 0. The van der Waals surface area contributed by atoms with Gasteiger partial charge < -0.3 is 5.11 Å². The van der Waals surface area contributed by atoms with Crippen molar-refractivity contribution < 1.29 is 9.90 Å². The molecule has 2 aromatic rings. The van der Waals surface area contributed by atoms with Gasteiger partial charge in [0, 0.05) is 15.7 Å². The molecule has 2 nitrogen and oxygen atoms in total. The molecule has 2 rings (SSSR count). The fourth-order valence-electron chi connectivity index (χ4n) is 1.66. The van der Waals surface area contributed by atoms with E-state index in [1.807, 2.05) is 6.92 Å². The number of carbonyl (C=O) groups is 1. The molecular weight excluding hydrogens is 220 g/mol. The third-order valence-corrected chi connectivity index (χ3v) is 3.73. The molecule has 0 unspecified atom stereocenters. The highest BCUT2D eigenvalue weighted by Gasteiger charge is 2.06. The van der Waals surface area contributed by atoms with Crippen LogP contribution in [0.25, 0.3) is 16.2 Å². The van der Waals surface area contributed by atoms with Gasteiger partial charge in [0.15, 0.2) is 0 Å². The molecule has 0 bridgehead atoms. The van der Waals surface area contributed by atoms with E-state index in [2.05, 4.69) is 25.1 Å². The number of aryl methyl sites for hydroxylation is 2. The first kappa shape index (κ1) is 10.9. The Labute approximate surface area is 97.8 Å². The molecule has 82 valence electrons. The second kappa shape index (κ2) is 4.10. The summed E-state index contributed by atoms with van der Waals surface area (Å²) >= 11 is 1.63. The van der Waals surface area contributed by atoms with Crippen LogP contribution in [0.4, 0.5) is 0 Å². The number of hydrogen-bond acceptors (Lipinski definition) is 2. The van der Waals surface area contributed by atoms with Crippen LogP contribution in [0, 0.1) is 13.8 Å². The van der Waals surface area contributed by atoms with E-state index in [4.69, 9.17) is 5.11 Å². The maximum Gasteiger partial charge on any atom is 0.328 e. The normalized spacial score (nSPS) is 11.4. The number of rotatable bonds is 2. The zero-order valence-electron chi connectivity index (χ0n) is 9.15. The Kier molecular flexibility index (Phi) is 2.79. The van der Waals surface area contributed by atoms with Crippen molar-refractivity contribution in [3.8, 4) is 0 Å². The number of carboxylic acids is 1. The summed E-state index contributed by atoms with van der Waals surface area (Å²) in [5.74, 6) is -0.909. The Morgan fingerprint density at radius 3 is 2.81 bits per heavy atom. The van der Waals surface area contributed by atoms with E-state index in [0.29, 0.717) is 0 Å². The average molecular weight is 232 g/mol. The van der Waals surface area contributed by atoms with Crippen LogP contribution in [0.1, 0.15) is 16.0 Å². The van der Waals surface area contributed by atoms with Gasteiger partial charge in [-0.15, -0.1) is 11.3 Å². The van der Waals surface area contributed by atoms with Gasteiger partial charge in [0.2, 0.25) is 0 Å². The molecule has 16 heavy (non-hydrogen) atoms. The number of hydrogen-bond donors (Lipinski definition) is 1. The zero-order valence-corrected chi connectivity index (χ0v) is 9.97. The first-order chi connectivity index (χ1) is 7.58. The number of benzene rings is 1. The highest BCUT2D eigenvalue weighted by molar-refractivity contribution is 7.20.